The van der Waals surface area contributed by atoms with Crippen molar-refractivity contribution in [1.82, 2.24) is 20.4 Å². The Bertz CT molecular complexity index is 497. The third-order valence-corrected chi connectivity index (χ3v) is 3.25. The van der Waals surface area contributed by atoms with Crippen molar-refractivity contribution < 1.29 is 4.52 Å². The van der Waals surface area contributed by atoms with Crippen LogP contribution in [-0.4, -0.2) is 27.7 Å². The van der Waals surface area contributed by atoms with Crippen LogP contribution in [0.5, 0.6) is 0 Å². The number of rotatable bonds is 6. The van der Waals surface area contributed by atoms with Crippen LogP contribution in [0, 0.1) is 0 Å². The molecule has 1 N–H and O–H groups in total. The Morgan fingerprint density at radius 3 is 2.84 bits per heavy atom. The maximum Gasteiger partial charge on any atom is 0.231 e. The largest absolute Gasteiger partial charge is 0.339 e. The summed E-state index contributed by atoms with van der Waals surface area (Å²) in [6.07, 6.45) is 4.43. The van der Waals surface area contributed by atoms with E-state index in [1.165, 1.54) is 0 Å². The van der Waals surface area contributed by atoms with Crippen LogP contribution in [0.15, 0.2) is 29.0 Å². The van der Waals surface area contributed by atoms with Crippen molar-refractivity contribution in [1.29, 1.82) is 0 Å². The molecular weight excluding hydrogens is 240 g/mol. The van der Waals surface area contributed by atoms with E-state index in [0.29, 0.717) is 17.8 Å². The van der Waals surface area contributed by atoms with Crippen LogP contribution in [0.3, 0.4) is 0 Å². The Balaban J connectivity index is 2.20. The van der Waals surface area contributed by atoms with Crippen LogP contribution in [-0.2, 0) is 0 Å². The highest BCUT2D eigenvalue weighted by atomic mass is 16.5. The SMILES string of the molecule is CCNC(C)C(CC)c1nc(-c2cccnc2)no1. The number of aromatic nitrogens is 3. The zero-order chi connectivity index (χ0) is 13.7. The van der Waals surface area contributed by atoms with Gasteiger partial charge in [0.2, 0.25) is 11.7 Å². The fourth-order valence-corrected chi connectivity index (χ4v) is 2.20. The molecule has 0 aliphatic heterocycles. The Labute approximate surface area is 113 Å². The minimum atomic E-state index is 0.234. The van der Waals surface area contributed by atoms with Crippen molar-refractivity contribution in [2.75, 3.05) is 6.54 Å². The lowest BCUT2D eigenvalue weighted by molar-refractivity contribution is 0.318. The Morgan fingerprint density at radius 1 is 1.37 bits per heavy atom. The van der Waals surface area contributed by atoms with Gasteiger partial charge in [0.05, 0.1) is 5.92 Å². The van der Waals surface area contributed by atoms with Gasteiger partial charge in [0.1, 0.15) is 0 Å². The molecule has 102 valence electrons. The molecule has 0 aliphatic carbocycles. The molecular formula is C14H20N4O. The smallest absolute Gasteiger partial charge is 0.231 e. The Kier molecular flexibility index (Phi) is 4.63. The third-order valence-electron chi connectivity index (χ3n) is 3.25. The molecule has 0 aromatic carbocycles. The van der Waals surface area contributed by atoms with E-state index >= 15 is 0 Å². The number of hydrogen-bond acceptors (Lipinski definition) is 5. The molecule has 0 saturated heterocycles. The number of nitrogens with one attached hydrogen (secondary N) is 1. The van der Waals surface area contributed by atoms with Crippen molar-refractivity contribution >= 4 is 0 Å². The topological polar surface area (TPSA) is 63.8 Å². The van der Waals surface area contributed by atoms with Crippen LogP contribution in [0.25, 0.3) is 11.4 Å². The molecule has 0 aliphatic rings. The second-order valence-corrected chi connectivity index (χ2v) is 4.56. The lowest BCUT2D eigenvalue weighted by atomic mass is 9.98. The quantitative estimate of drug-likeness (QED) is 0.865. The van der Waals surface area contributed by atoms with E-state index in [4.69, 9.17) is 4.52 Å². The first-order valence-corrected chi connectivity index (χ1v) is 6.73. The zero-order valence-corrected chi connectivity index (χ0v) is 11.6. The normalized spacial score (nSPS) is 14.3. The predicted molar refractivity (Wildman–Crippen MR) is 73.7 cm³/mol. The number of nitrogens with zero attached hydrogens (tertiary/aromatic N) is 3. The fraction of sp³-hybridized carbons (Fsp3) is 0.500. The maximum atomic E-state index is 5.41. The molecule has 2 rings (SSSR count). The highest BCUT2D eigenvalue weighted by Gasteiger charge is 2.23. The minimum Gasteiger partial charge on any atom is -0.339 e. The monoisotopic (exact) mass is 260 g/mol. The first-order valence-electron chi connectivity index (χ1n) is 6.73. The van der Waals surface area contributed by atoms with Gasteiger partial charge in [-0.15, -0.1) is 0 Å². The summed E-state index contributed by atoms with van der Waals surface area (Å²) in [5.74, 6) is 1.53. The lowest BCUT2D eigenvalue weighted by Gasteiger charge is -2.19. The summed E-state index contributed by atoms with van der Waals surface area (Å²) in [6, 6.07) is 4.11. The summed E-state index contributed by atoms with van der Waals surface area (Å²) in [5.41, 5.74) is 0.878. The molecule has 0 saturated carbocycles. The molecule has 5 nitrogen and oxygen atoms in total. The van der Waals surface area contributed by atoms with Crippen molar-refractivity contribution in [3.8, 4) is 11.4 Å². The van der Waals surface area contributed by atoms with Crippen molar-refractivity contribution in [3.05, 3.63) is 30.4 Å². The molecule has 2 unspecified atom stereocenters. The predicted octanol–water partition coefficient (Wildman–Crippen LogP) is 2.62. The van der Waals surface area contributed by atoms with E-state index < -0.39 is 0 Å². The van der Waals surface area contributed by atoms with E-state index in [0.717, 1.165) is 18.5 Å². The summed E-state index contributed by atoms with van der Waals surface area (Å²) in [4.78, 5) is 8.56. The number of likely N-dealkylation sites (N-methyl/N-ethyl adjacent to an activating group) is 1. The molecule has 2 aromatic rings. The zero-order valence-electron chi connectivity index (χ0n) is 11.6. The average Bonchev–Trinajstić information content (AvgIpc) is 2.90. The van der Waals surface area contributed by atoms with Gasteiger partial charge in [-0.3, -0.25) is 4.98 Å². The molecule has 0 amide bonds. The first-order chi connectivity index (χ1) is 9.26. The van der Waals surface area contributed by atoms with Gasteiger partial charge in [-0.05, 0) is 32.0 Å². The lowest BCUT2D eigenvalue weighted by Crippen LogP contribution is -2.31. The first kappa shape index (κ1) is 13.7. The maximum absolute atomic E-state index is 5.41. The second kappa shape index (κ2) is 6.43. The highest BCUT2D eigenvalue weighted by molar-refractivity contribution is 5.51. The number of pyridine rings is 1. The second-order valence-electron chi connectivity index (χ2n) is 4.56. The molecule has 2 heterocycles. The van der Waals surface area contributed by atoms with Gasteiger partial charge < -0.3 is 9.84 Å². The molecule has 2 atom stereocenters. The van der Waals surface area contributed by atoms with Crippen molar-refractivity contribution in [2.24, 2.45) is 0 Å². The van der Waals surface area contributed by atoms with Crippen LogP contribution in [0.1, 0.15) is 39.0 Å². The van der Waals surface area contributed by atoms with Crippen LogP contribution in [0.4, 0.5) is 0 Å². The molecule has 19 heavy (non-hydrogen) atoms. The molecule has 0 fully saturated rings. The minimum absolute atomic E-state index is 0.234. The van der Waals surface area contributed by atoms with Crippen LogP contribution < -0.4 is 5.32 Å². The Hall–Kier alpha value is -1.75. The van der Waals surface area contributed by atoms with Crippen molar-refractivity contribution in [3.63, 3.8) is 0 Å². The van der Waals surface area contributed by atoms with Crippen molar-refractivity contribution in [2.45, 2.75) is 39.2 Å². The fourth-order valence-electron chi connectivity index (χ4n) is 2.20. The van der Waals surface area contributed by atoms with Gasteiger partial charge in [0.25, 0.3) is 0 Å². The van der Waals surface area contributed by atoms with Crippen LogP contribution >= 0.6 is 0 Å². The van der Waals surface area contributed by atoms with E-state index in [9.17, 15) is 0 Å². The summed E-state index contributed by atoms with van der Waals surface area (Å²) < 4.78 is 5.41. The van der Waals surface area contributed by atoms with Gasteiger partial charge in [-0.25, -0.2) is 0 Å². The van der Waals surface area contributed by atoms with Gasteiger partial charge in [-0.2, -0.15) is 4.98 Å². The third kappa shape index (κ3) is 3.17. The molecule has 0 bridgehead atoms. The standard InChI is InChI=1S/C14H20N4O/c1-4-12(10(3)16-5-2)14-17-13(18-19-14)11-7-6-8-15-9-11/h6-10,12,16H,4-5H2,1-3H3. The highest BCUT2D eigenvalue weighted by Crippen LogP contribution is 2.24. The van der Waals surface area contributed by atoms with Gasteiger partial charge >= 0.3 is 0 Å². The summed E-state index contributed by atoms with van der Waals surface area (Å²) in [7, 11) is 0. The van der Waals surface area contributed by atoms with E-state index in [2.05, 4.69) is 41.2 Å². The average molecular weight is 260 g/mol. The van der Waals surface area contributed by atoms with E-state index in [1.54, 1.807) is 12.4 Å². The van der Waals surface area contributed by atoms with Gasteiger partial charge in [0, 0.05) is 24.0 Å². The van der Waals surface area contributed by atoms with Gasteiger partial charge in [0.15, 0.2) is 0 Å². The summed E-state index contributed by atoms with van der Waals surface area (Å²) in [5, 5.41) is 7.45. The number of hydrogen-bond donors (Lipinski definition) is 1. The molecule has 2 aromatic heterocycles. The molecule has 5 heteroatoms. The van der Waals surface area contributed by atoms with E-state index in [1.807, 2.05) is 12.1 Å². The molecule has 0 spiro atoms. The molecule has 0 radical (unpaired) electrons. The van der Waals surface area contributed by atoms with Gasteiger partial charge in [-0.1, -0.05) is 19.0 Å². The van der Waals surface area contributed by atoms with E-state index in [-0.39, 0.29) is 5.92 Å². The summed E-state index contributed by atoms with van der Waals surface area (Å²) in [6.45, 7) is 7.30. The Morgan fingerprint density at radius 2 is 2.21 bits per heavy atom. The van der Waals surface area contributed by atoms with Crippen LogP contribution in [0.2, 0.25) is 0 Å². The summed E-state index contributed by atoms with van der Waals surface area (Å²) >= 11 is 0.